The standard InChI is InChI=1S/C23H32N2O4/c1-16(2)14-25-15-18(23(26)24-13-19-6-5-11-29-19)7-9-20(25)17-8-10-21(27-3)22(12-17)28-4/h5-6,8,10-12,16,18,20H,7,9,13-15H2,1-4H3,(H,24,26). The number of piperidine rings is 1. The molecule has 1 aromatic carbocycles. The van der Waals surface area contributed by atoms with E-state index in [1.165, 1.54) is 5.56 Å². The molecule has 1 aromatic heterocycles. The summed E-state index contributed by atoms with van der Waals surface area (Å²) in [5.41, 5.74) is 1.21. The van der Waals surface area contributed by atoms with Crippen molar-refractivity contribution in [2.45, 2.75) is 39.3 Å². The van der Waals surface area contributed by atoms with Crippen LogP contribution in [0.4, 0.5) is 0 Å². The molecular formula is C23H32N2O4. The fraction of sp³-hybridized carbons (Fsp3) is 0.522. The zero-order valence-electron chi connectivity index (χ0n) is 17.8. The lowest BCUT2D eigenvalue weighted by Gasteiger charge is -2.40. The number of carbonyl (C=O) groups excluding carboxylic acids is 1. The topological polar surface area (TPSA) is 63.9 Å². The lowest BCUT2D eigenvalue weighted by Crippen LogP contribution is -2.45. The maximum atomic E-state index is 12.7. The fourth-order valence-electron chi connectivity index (χ4n) is 4.10. The van der Waals surface area contributed by atoms with E-state index in [-0.39, 0.29) is 17.9 Å². The second kappa shape index (κ2) is 9.83. The van der Waals surface area contributed by atoms with Crippen molar-refractivity contribution in [3.05, 3.63) is 47.9 Å². The second-order valence-corrected chi connectivity index (χ2v) is 8.05. The molecule has 0 radical (unpaired) electrons. The molecule has 0 bridgehead atoms. The van der Waals surface area contributed by atoms with Crippen LogP contribution in [0.3, 0.4) is 0 Å². The molecule has 0 saturated carbocycles. The molecular weight excluding hydrogens is 368 g/mol. The molecule has 1 N–H and O–H groups in total. The molecule has 3 rings (SSSR count). The van der Waals surface area contributed by atoms with Crippen LogP contribution >= 0.6 is 0 Å². The van der Waals surface area contributed by atoms with E-state index in [4.69, 9.17) is 13.9 Å². The Morgan fingerprint density at radius 1 is 1.21 bits per heavy atom. The molecule has 1 aliphatic heterocycles. The summed E-state index contributed by atoms with van der Waals surface area (Å²) in [5, 5.41) is 3.02. The van der Waals surface area contributed by atoms with Crippen LogP contribution < -0.4 is 14.8 Å². The maximum absolute atomic E-state index is 12.7. The van der Waals surface area contributed by atoms with Crippen LogP contribution in [0.1, 0.15) is 44.1 Å². The first-order valence-electron chi connectivity index (χ1n) is 10.3. The molecule has 1 aliphatic rings. The first kappa shape index (κ1) is 21.2. The summed E-state index contributed by atoms with van der Waals surface area (Å²) >= 11 is 0. The van der Waals surface area contributed by atoms with Crippen molar-refractivity contribution in [1.82, 2.24) is 10.2 Å². The summed E-state index contributed by atoms with van der Waals surface area (Å²) in [6, 6.07) is 10.1. The Bertz CT molecular complexity index is 788. The van der Waals surface area contributed by atoms with Crippen molar-refractivity contribution >= 4 is 5.91 Å². The van der Waals surface area contributed by atoms with Crippen molar-refractivity contribution in [2.75, 3.05) is 27.3 Å². The average Bonchev–Trinajstić information content (AvgIpc) is 3.24. The highest BCUT2D eigenvalue weighted by molar-refractivity contribution is 5.79. The van der Waals surface area contributed by atoms with Crippen molar-refractivity contribution < 1.29 is 18.7 Å². The number of nitrogens with zero attached hydrogens (tertiary/aromatic N) is 1. The minimum atomic E-state index is -0.0138. The molecule has 6 nitrogen and oxygen atoms in total. The number of rotatable bonds is 8. The van der Waals surface area contributed by atoms with E-state index in [1.54, 1.807) is 20.5 Å². The van der Waals surface area contributed by atoms with Gasteiger partial charge >= 0.3 is 0 Å². The van der Waals surface area contributed by atoms with Crippen molar-refractivity contribution in [3.8, 4) is 11.5 Å². The summed E-state index contributed by atoms with van der Waals surface area (Å²) in [4.78, 5) is 15.2. The third-order valence-electron chi connectivity index (χ3n) is 5.46. The van der Waals surface area contributed by atoms with Gasteiger partial charge < -0.3 is 19.2 Å². The van der Waals surface area contributed by atoms with E-state index >= 15 is 0 Å². The van der Waals surface area contributed by atoms with Crippen LogP contribution in [0, 0.1) is 11.8 Å². The Hall–Kier alpha value is -2.47. The van der Waals surface area contributed by atoms with Gasteiger partial charge in [-0.3, -0.25) is 9.69 Å². The van der Waals surface area contributed by atoms with Crippen molar-refractivity contribution in [2.24, 2.45) is 11.8 Å². The minimum absolute atomic E-state index is 0.0138. The summed E-state index contributed by atoms with van der Waals surface area (Å²) in [6.45, 7) is 6.56. The highest BCUT2D eigenvalue weighted by atomic mass is 16.5. The second-order valence-electron chi connectivity index (χ2n) is 8.05. The van der Waals surface area contributed by atoms with E-state index in [1.807, 2.05) is 18.2 Å². The summed E-state index contributed by atoms with van der Waals surface area (Å²) in [5.74, 6) is 2.85. The average molecular weight is 401 g/mol. The molecule has 2 unspecified atom stereocenters. The predicted molar refractivity (Wildman–Crippen MR) is 112 cm³/mol. The third-order valence-corrected chi connectivity index (χ3v) is 5.46. The SMILES string of the molecule is COc1ccc(C2CCC(C(=O)NCc3ccco3)CN2CC(C)C)cc1OC. The molecule has 2 heterocycles. The van der Waals surface area contributed by atoms with Crippen LogP contribution in [0.25, 0.3) is 0 Å². The van der Waals surface area contributed by atoms with Gasteiger partial charge in [-0.25, -0.2) is 0 Å². The van der Waals surface area contributed by atoms with Crippen molar-refractivity contribution in [3.63, 3.8) is 0 Å². The monoisotopic (exact) mass is 400 g/mol. The number of benzene rings is 1. The van der Waals surface area contributed by atoms with Gasteiger partial charge in [0.15, 0.2) is 11.5 Å². The minimum Gasteiger partial charge on any atom is -0.493 e. The van der Waals surface area contributed by atoms with Gasteiger partial charge in [-0.1, -0.05) is 19.9 Å². The number of carbonyl (C=O) groups is 1. The van der Waals surface area contributed by atoms with Crippen LogP contribution in [0.2, 0.25) is 0 Å². The first-order chi connectivity index (χ1) is 14.0. The van der Waals surface area contributed by atoms with Gasteiger partial charge in [0.1, 0.15) is 5.76 Å². The molecule has 29 heavy (non-hydrogen) atoms. The summed E-state index contributed by atoms with van der Waals surface area (Å²) in [6.07, 6.45) is 3.42. The van der Waals surface area contributed by atoms with Gasteiger partial charge in [-0.15, -0.1) is 0 Å². The Kier molecular flexibility index (Phi) is 7.20. The molecule has 2 atom stereocenters. The Morgan fingerprint density at radius 3 is 2.66 bits per heavy atom. The molecule has 158 valence electrons. The van der Waals surface area contributed by atoms with E-state index in [9.17, 15) is 4.79 Å². The molecule has 6 heteroatoms. The van der Waals surface area contributed by atoms with E-state index in [0.717, 1.165) is 43.2 Å². The number of ether oxygens (including phenoxy) is 2. The normalized spacial score (nSPS) is 19.9. The largest absolute Gasteiger partial charge is 0.493 e. The third kappa shape index (κ3) is 5.32. The predicted octanol–water partition coefficient (Wildman–Crippen LogP) is 4.02. The molecule has 2 aromatic rings. The van der Waals surface area contributed by atoms with E-state index in [2.05, 4.69) is 36.2 Å². The lowest BCUT2D eigenvalue weighted by molar-refractivity contribution is -0.127. The quantitative estimate of drug-likeness (QED) is 0.725. The summed E-state index contributed by atoms with van der Waals surface area (Å²) < 4.78 is 16.2. The van der Waals surface area contributed by atoms with E-state index in [0.29, 0.717) is 12.5 Å². The van der Waals surface area contributed by atoms with Crippen molar-refractivity contribution in [1.29, 1.82) is 0 Å². The number of hydrogen-bond donors (Lipinski definition) is 1. The van der Waals surface area contributed by atoms with Crippen LogP contribution in [0.5, 0.6) is 11.5 Å². The van der Waals surface area contributed by atoms with Gasteiger partial charge in [-0.05, 0) is 48.6 Å². The zero-order valence-corrected chi connectivity index (χ0v) is 17.8. The number of furan rings is 1. The maximum Gasteiger partial charge on any atom is 0.224 e. The number of likely N-dealkylation sites (tertiary alicyclic amines) is 1. The number of amides is 1. The molecule has 1 fully saturated rings. The van der Waals surface area contributed by atoms with Gasteiger partial charge in [0.05, 0.1) is 32.9 Å². The number of nitrogens with one attached hydrogen (secondary N) is 1. The highest BCUT2D eigenvalue weighted by Crippen LogP contribution is 2.38. The molecule has 1 saturated heterocycles. The molecule has 1 amide bonds. The fourth-order valence-corrected chi connectivity index (χ4v) is 4.10. The Labute approximate surface area is 173 Å². The van der Waals surface area contributed by atoms with Crippen LogP contribution in [0.15, 0.2) is 41.0 Å². The highest BCUT2D eigenvalue weighted by Gasteiger charge is 2.33. The van der Waals surface area contributed by atoms with Gasteiger partial charge in [-0.2, -0.15) is 0 Å². The smallest absolute Gasteiger partial charge is 0.224 e. The Balaban J connectivity index is 1.70. The van der Waals surface area contributed by atoms with Gasteiger partial charge in [0.2, 0.25) is 5.91 Å². The van der Waals surface area contributed by atoms with Gasteiger partial charge in [0.25, 0.3) is 0 Å². The number of methoxy groups -OCH3 is 2. The lowest BCUT2D eigenvalue weighted by atomic mass is 9.87. The number of hydrogen-bond acceptors (Lipinski definition) is 5. The van der Waals surface area contributed by atoms with Crippen LogP contribution in [-0.2, 0) is 11.3 Å². The zero-order chi connectivity index (χ0) is 20.8. The Morgan fingerprint density at radius 2 is 2.00 bits per heavy atom. The molecule has 0 spiro atoms. The van der Waals surface area contributed by atoms with Crippen LogP contribution in [-0.4, -0.2) is 38.1 Å². The first-order valence-corrected chi connectivity index (χ1v) is 10.3. The van der Waals surface area contributed by atoms with Gasteiger partial charge in [0, 0.05) is 19.1 Å². The summed E-state index contributed by atoms with van der Waals surface area (Å²) in [7, 11) is 3.31. The molecule has 0 aliphatic carbocycles. The van der Waals surface area contributed by atoms with E-state index < -0.39 is 0 Å².